The number of ether oxygens (including phenoxy) is 1. The molecule has 1 aliphatic heterocycles. The summed E-state index contributed by atoms with van der Waals surface area (Å²) in [5.74, 6) is 0.500. The number of pyridine rings is 1. The fourth-order valence-corrected chi connectivity index (χ4v) is 3.32. The summed E-state index contributed by atoms with van der Waals surface area (Å²) >= 11 is 6.31. The van der Waals surface area contributed by atoms with Gasteiger partial charge in [0.15, 0.2) is 0 Å². The molecule has 6 nitrogen and oxygen atoms in total. The van der Waals surface area contributed by atoms with Gasteiger partial charge in [-0.05, 0) is 49.2 Å². The van der Waals surface area contributed by atoms with Gasteiger partial charge in [0.25, 0.3) is 0 Å². The number of hydrogen-bond donors (Lipinski definition) is 2. The van der Waals surface area contributed by atoms with Gasteiger partial charge in [0.05, 0.1) is 24.8 Å². The first kappa shape index (κ1) is 18.5. The molecule has 1 aromatic carbocycles. The molecule has 0 unspecified atom stereocenters. The number of carboxylic acid groups (broad SMARTS) is 1. The Balaban J connectivity index is 1.86. The van der Waals surface area contributed by atoms with Gasteiger partial charge in [-0.15, -0.1) is 0 Å². The number of anilines is 3. The fraction of sp³-hybridized carbons (Fsp3) is 0.368. The highest BCUT2D eigenvalue weighted by molar-refractivity contribution is 6.31. The molecular formula is C19H22ClN3O3. The summed E-state index contributed by atoms with van der Waals surface area (Å²) in [6.45, 7) is 6.03. The summed E-state index contributed by atoms with van der Waals surface area (Å²) in [6.07, 6.45) is 0.965. The second-order valence-corrected chi connectivity index (χ2v) is 6.76. The Kier molecular flexibility index (Phi) is 5.64. The van der Waals surface area contributed by atoms with Crippen LogP contribution in [0.5, 0.6) is 0 Å². The Bertz CT molecular complexity index is 813. The van der Waals surface area contributed by atoms with Crippen LogP contribution in [0.15, 0.2) is 30.3 Å². The number of carbonyl (C=O) groups is 1. The third-order valence-electron chi connectivity index (χ3n) is 4.50. The fourth-order valence-electron chi connectivity index (χ4n) is 3.12. The van der Waals surface area contributed by atoms with Crippen LogP contribution in [0.4, 0.5) is 17.3 Å². The van der Waals surface area contributed by atoms with E-state index in [0.717, 1.165) is 24.5 Å². The van der Waals surface area contributed by atoms with E-state index in [1.807, 2.05) is 6.07 Å². The zero-order chi connectivity index (χ0) is 18.7. The van der Waals surface area contributed by atoms with Gasteiger partial charge in [-0.3, -0.25) is 0 Å². The average Bonchev–Trinajstić information content (AvgIpc) is 2.61. The molecule has 2 N–H and O–H groups in total. The summed E-state index contributed by atoms with van der Waals surface area (Å²) in [6, 6.07) is 8.99. The van der Waals surface area contributed by atoms with E-state index in [2.05, 4.69) is 17.1 Å². The van der Waals surface area contributed by atoms with Crippen molar-refractivity contribution in [2.24, 2.45) is 0 Å². The van der Waals surface area contributed by atoms with Crippen molar-refractivity contribution in [2.45, 2.75) is 26.3 Å². The molecule has 7 heteroatoms. The van der Waals surface area contributed by atoms with Crippen LogP contribution in [0.3, 0.4) is 0 Å². The lowest BCUT2D eigenvalue weighted by Gasteiger charge is -2.36. The van der Waals surface area contributed by atoms with E-state index in [1.165, 1.54) is 0 Å². The monoisotopic (exact) mass is 375 g/mol. The number of hydrogen-bond acceptors (Lipinski definition) is 5. The van der Waals surface area contributed by atoms with Gasteiger partial charge in [0.2, 0.25) is 0 Å². The number of nitrogens with zero attached hydrogens (tertiary/aromatic N) is 2. The van der Waals surface area contributed by atoms with Crippen molar-refractivity contribution in [3.63, 3.8) is 0 Å². The van der Waals surface area contributed by atoms with Crippen molar-refractivity contribution in [1.29, 1.82) is 0 Å². The topological polar surface area (TPSA) is 74.7 Å². The Morgan fingerprint density at radius 2 is 2.23 bits per heavy atom. The second kappa shape index (κ2) is 7.93. The first-order chi connectivity index (χ1) is 12.5. The minimum Gasteiger partial charge on any atom is -0.478 e. The lowest BCUT2D eigenvalue weighted by atomic mass is 10.1. The van der Waals surface area contributed by atoms with Gasteiger partial charge < -0.3 is 20.1 Å². The lowest BCUT2D eigenvalue weighted by Crippen LogP contribution is -2.45. The highest BCUT2D eigenvalue weighted by Gasteiger charge is 2.23. The number of aryl methyl sites for hydroxylation is 1. The van der Waals surface area contributed by atoms with Crippen molar-refractivity contribution in [1.82, 2.24) is 4.98 Å². The summed E-state index contributed by atoms with van der Waals surface area (Å²) < 4.78 is 5.56. The maximum Gasteiger partial charge on any atom is 0.335 e. The van der Waals surface area contributed by atoms with Gasteiger partial charge in [-0.2, -0.15) is 0 Å². The molecule has 1 saturated heterocycles. The van der Waals surface area contributed by atoms with Crippen LogP contribution >= 0.6 is 11.6 Å². The first-order valence-electron chi connectivity index (χ1n) is 8.61. The predicted molar refractivity (Wildman–Crippen MR) is 103 cm³/mol. The number of halogens is 1. The number of aromatic carboxylic acids is 1. The molecule has 3 rings (SSSR count). The Labute approximate surface area is 157 Å². The quantitative estimate of drug-likeness (QED) is 0.819. The lowest BCUT2D eigenvalue weighted by molar-refractivity contribution is 0.0696. The average molecular weight is 376 g/mol. The SMILES string of the molecule is CC[C@H]1COCCN1c1cc(Cl)cc(Nc2ccc(C(=O)O)c(C)c2)n1. The van der Waals surface area contributed by atoms with Gasteiger partial charge in [-0.1, -0.05) is 18.5 Å². The normalized spacial score (nSPS) is 17.2. The summed E-state index contributed by atoms with van der Waals surface area (Å²) in [7, 11) is 0. The van der Waals surface area contributed by atoms with Crippen molar-refractivity contribution in [2.75, 3.05) is 30.0 Å². The second-order valence-electron chi connectivity index (χ2n) is 6.32. The molecule has 0 bridgehead atoms. The van der Waals surface area contributed by atoms with Gasteiger partial charge in [0, 0.05) is 17.3 Å². The molecule has 26 heavy (non-hydrogen) atoms. The molecule has 2 heterocycles. The number of carboxylic acids is 1. The van der Waals surface area contributed by atoms with E-state index < -0.39 is 5.97 Å². The molecule has 0 amide bonds. The Hall–Kier alpha value is -2.31. The van der Waals surface area contributed by atoms with Crippen LogP contribution in [-0.4, -0.2) is 41.9 Å². The molecular weight excluding hydrogens is 354 g/mol. The van der Waals surface area contributed by atoms with Crippen molar-refractivity contribution >= 4 is 34.9 Å². The highest BCUT2D eigenvalue weighted by atomic mass is 35.5. The van der Waals surface area contributed by atoms with Gasteiger partial charge in [-0.25, -0.2) is 9.78 Å². The number of aromatic nitrogens is 1. The van der Waals surface area contributed by atoms with Gasteiger partial charge >= 0.3 is 5.97 Å². The Morgan fingerprint density at radius 3 is 2.92 bits per heavy atom. The zero-order valence-electron chi connectivity index (χ0n) is 14.8. The molecule has 138 valence electrons. The van der Waals surface area contributed by atoms with E-state index in [4.69, 9.17) is 26.4 Å². The van der Waals surface area contributed by atoms with Crippen LogP contribution in [0.1, 0.15) is 29.3 Å². The van der Waals surface area contributed by atoms with Crippen LogP contribution in [0, 0.1) is 6.92 Å². The van der Waals surface area contributed by atoms with Crippen molar-refractivity contribution in [3.05, 3.63) is 46.5 Å². The largest absolute Gasteiger partial charge is 0.478 e. The number of rotatable bonds is 5. The molecule has 0 radical (unpaired) electrons. The van der Waals surface area contributed by atoms with Crippen molar-refractivity contribution in [3.8, 4) is 0 Å². The predicted octanol–water partition coefficient (Wildman–Crippen LogP) is 4.10. The molecule has 0 aliphatic carbocycles. The summed E-state index contributed by atoms with van der Waals surface area (Å²) in [4.78, 5) is 18.1. The number of nitrogens with one attached hydrogen (secondary N) is 1. The van der Waals surface area contributed by atoms with E-state index in [-0.39, 0.29) is 11.6 Å². The Morgan fingerprint density at radius 1 is 1.42 bits per heavy atom. The highest BCUT2D eigenvalue weighted by Crippen LogP contribution is 2.27. The van der Waals surface area contributed by atoms with Crippen LogP contribution in [-0.2, 0) is 4.74 Å². The van der Waals surface area contributed by atoms with Crippen molar-refractivity contribution < 1.29 is 14.6 Å². The molecule has 1 aliphatic rings. The maximum atomic E-state index is 11.1. The number of morpholine rings is 1. The van der Waals surface area contributed by atoms with E-state index in [1.54, 1.807) is 31.2 Å². The minimum absolute atomic E-state index is 0.277. The molecule has 2 aromatic rings. The molecule has 0 spiro atoms. The molecule has 0 saturated carbocycles. The minimum atomic E-state index is -0.935. The molecule has 1 fully saturated rings. The first-order valence-corrected chi connectivity index (χ1v) is 8.98. The third-order valence-corrected chi connectivity index (χ3v) is 4.72. The van der Waals surface area contributed by atoms with Crippen LogP contribution in [0.25, 0.3) is 0 Å². The van der Waals surface area contributed by atoms with Gasteiger partial charge in [0.1, 0.15) is 11.6 Å². The van der Waals surface area contributed by atoms with E-state index >= 15 is 0 Å². The summed E-state index contributed by atoms with van der Waals surface area (Å²) in [5.41, 5.74) is 1.74. The standard InChI is InChI=1S/C19H22ClN3O3/c1-3-15-11-26-7-6-23(15)18-10-13(20)9-17(22-18)21-14-4-5-16(19(24)25)12(2)8-14/h4-5,8-10,15H,3,6-7,11H2,1-2H3,(H,21,22)(H,24,25)/t15-/m0/s1. The van der Waals surface area contributed by atoms with E-state index in [9.17, 15) is 4.79 Å². The van der Waals surface area contributed by atoms with Crippen LogP contribution in [0.2, 0.25) is 5.02 Å². The van der Waals surface area contributed by atoms with Crippen LogP contribution < -0.4 is 10.2 Å². The maximum absolute atomic E-state index is 11.1. The number of benzene rings is 1. The third kappa shape index (κ3) is 4.08. The summed E-state index contributed by atoms with van der Waals surface area (Å²) in [5, 5.41) is 13.0. The smallest absolute Gasteiger partial charge is 0.335 e. The molecule has 1 aromatic heterocycles. The van der Waals surface area contributed by atoms with E-state index in [0.29, 0.717) is 29.6 Å². The zero-order valence-corrected chi connectivity index (χ0v) is 15.6. The molecule has 1 atom stereocenters.